The number of amides is 4. The van der Waals surface area contributed by atoms with E-state index in [0.717, 1.165) is 82.6 Å². The molecule has 0 radical (unpaired) electrons. The van der Waals surface area contributed by atoms with Gasteiger partial charge in [-0.05, 0) is 104 Å². The number of pyridine rings is 2. The number of aromatic nitrogens is 2. The minimum Gasteiger partial charge on any atom is -0.433 e. The van der Waals surface area contributed by atoms with Gasteiger partial charge in [-0.15, -0.1) is 13.2 Å². The summed E-state index contributed by atoms with van der Waals surface area (Å²) in [5.41, 5.74) is 3.29. The maximum absolute atomic E-state index is 12.8. The van der Waals surface area contributed by atoms with E-state index in [1.165, 1.54) is 42.0 Å². The van der Waals surface area contributed by atoms with Crippen LogP contribution in [0, 0.1) is 0 Å². The Balaban J connectivity index is 0.000000296. The number of halogens is 5. The molecule has 4 heterocycles. The minimum atomic E-state index is -4.74. The first-order valence-corrected chi connectivity index (χ1v) is 20.1. The molecule has 0 aliphatic carbocycles. The second kappa shape index (κ2) is 25.2. The lowest BCUT2D eigenvalue weighted by Gasteiger charge is -2.32. The molecule has 6 rings (SSSR count). The van der Waals surface area contributed by atoms with Crippen LogP contribution < -0.4 is 30.7 Å². The van der Waals surface area contributed by atoms with Gasteiger partial charge in [-0.25, -0.2) is 9.59 Å². The van der Waals surface area contributed by atoms with Gasteiger partial charge in [-0.1, -0.05) is 33.8 Å². The van der Waals surface area contributed by atoms with Crippen LogP contribution in [0.3, 0.4) is 0 Å². The lowest BCUT2D eigenvalue weighted by Crippen LogP contribution is -2.45. The zero-order chi connectivity index (χ0) is 44.0. The fourth-order valence-electron chi connectivity index (χ4n) is 6.23. The number of benzene rings is 2. The first-order chi connectivity index (χ1) is 28.7. The quantitative estimate of drug-likeness (QED) is 0.110. The summed E-state index contributed by atoms with van der Waals surface area (Å²) in [5.74, 6) is -0.292. The third-order valence-corrected chi connectivity index (χ3v) is 8.89. The lowest BCUT2D eigenvalue weighted by molar-refractivity contribution is -0.274. The van der Waals surface area contributed by atoms with Gasteiger partial charge in [0.25, 0.3) is 0 Å². The standard InChI is InChI=1S/C20H24F2N4O2.C19H21F3N4O2.2C2H6/c1-20(21,22)28-18-4-2-16(3-5-18)24-19(27)25-17-8-12-26(13-9-17)14-15-6-10-23-11-7-15;20-19(21,22)28-17-5-3-15(4-6-17)24-18(27)25-16-7-10-26(11-8-16)13-14-2-1-9-23-12-14;2*1-2/h2-7,10-11,17H,8-9,12-14H2,1H3,(H2,24,25,27);1-6,9,12,16H,7-8,10-11,13H2,(H2,24,25,27);2*1-2H3. The van der Waals surface area contributed by atoms with E-state index < -0.39 is 12.5 Å². The summed E-state index contributed by atoms with van der Waals surface area (Å²) in [6.07, 6.45) is 2.60. The number of urea groups is 2. The molecule has 0 unspecified atom stereocenters. The minimum absolute atomic E-state index is 0.0417. The van der Waals surface area contributed by atoms with Crippen molar-refractivity contribution >= 4 is 23.4 Å². The first kappa shape index (κ1) is 48.8. The van der Waals surface area contributed by atoms with Crippen LogP contribution in [0.5, 0.6) is 11.5 Å². The summed E-state index contributed by atoms with van der Waals surface area (Å²) in [6, 6.07) is 18.3. The fourth-order valence-corrected chi connectivity index (χ4v) is 6.23. The molecular weight excluding hydrogens is 788 g/mol. The number of carbonyl (C=O) groups excluding carboxylic acids is 2. The molecule has 2 aliphatic heterocycles. The van der Waals surface area contributed by atoms with Crippen molar-refractivity contribution in [1.29, 1.82) is 0 Å². The molecule has 12 nitrogen and oxygen atoms in total. The number of piperidine rings is 2. The van der Waals surface area contributed by atoms with Crippen molar-refractivity contribution < 1.29 is 41.0 Å². The fraction of sp³-hybridized carbons (Fsp3) is 0.442. The topological polar surface area (TPSA) is 133 Å². The van der Waals surface area contributed by atoms with Crippen LogP contribution in [0.25, 0.3) is 0 Å². The molecule has 2 saturated heterocycles. The SMILES string of the molecule is CC.CC.CC(F)(F)Oc1ccc(NC(=O)NC2CCN(Cc3ccncc3)CC2)cc1.O=C(Nc1ccc(OC(F)(F)F)cc1)NC1CCN(Cc2cccnc2)CC1. The number of anilines is 2. The third kappa shape index (κ3) is 19.5. The van der Waals surface area contributed by atoms with Crippen LogP contribution in [-0.2, 0) is 13.1 Å². The predicted molar refractivity (Wildman–Crippen MR) is 223 cm³/mol. The second-order valence-corrected chi connectivity index (χ2v) is 13.5. The number of hydrogen-bond donors (Lipinski definition) is 4. The van der Waals surface area contributed by atoms with E-state index in [1.807, 2.05) is 58.2 Å². The number of carbonyl (C=O) groups is 2. The van der Waals surface area contributed by atoms with E-state index >= 15 is 0 Å². The van der Waals surface area contributed by atoms with E-state index in [2.05, 4.69) is 50.5 Å². The first-order valence-electron chi connectivity index (χ1n) is 20.1. The summed E-state index contributed by atoms with van der Waals surface area (Å²) < 4.78 is 70.4. The van der Waals surface area contributed by atoms with Crippen molar-refractivity contribution in [2.24, 2.45) is 0 Å². The average Bonchev–Trinajstić information content (AvgIpc) is 3.22. The largest absolute Gasteiger partial charge is 0.573 e. The zero-order valence-electron chi connectivity index (χ0n) is 34.8. The molecule has 2 aromatic carbocycles. The third-order valence-electron chi connectivity index (χ3n) is 8.89. The molecule has 328 valence electrons. The van der Waals surface area contributed by atoms with Crippen LogP contribution >= 0.6 is 0 Å². The van der Waals surface area contributed by atoms with Crippen LogP contribution in [-0.4, -0.2) is 82.6 Å². The summed E-state index contributed by atoms with van der Waals surface area (Å²) in [6.45, 7) is 13.9. The Labute approximate surface area is 349 Å². The van der Waals surface area contributed by atoms with Crippen LogP contribution in [0.2, 0.25) is 0 Å². The predicted octanol–water partition coefficient (Wildman–Crippen LogP) is 9.68. The lowest BCUT2D eigenvalue weighted by atomic mass is 10.0. The number of likely N-dealkylation sites (tertiary alicyclic amines) is 2. The normalized spacial score (nSPS) is 15.0. The van der Waals surface area contributed by atoms with Crippen molar-refractivity contribution in [3.05, 3.63) is 109 Å². The molecule has 4 aromatic rings. The summed E-state index contributed by atoms with van der Waals surface area (Å²) >= 11 is 0. The monoisotopic (exact) mass is 844 g/mol. The highest BCUT2D eigenvalue weighted by atomic mass is 19.4. The molecule has 2 aliphatic rings. The van der Waals surface area contributed by atoms with Crippen molar-refractivity contribution in [3.63, 3.8) is 0 Å². The van der Waals surface area contributed by atoms with Gasteiger partial charge in [0, 0.05) is 94.4 Å². The highest BCUT2D eigenvalue weighted by Gasteiger charge is 2.31. The van der Waals surface area contributed by atoms with E-state index in [4.69, 9.17) is 0 Å². The molecule has 2 fully saturated rings. The molecule has 0 spiro atoms. The summed E-state index contributed by atoms with van der Waals surface area (Å²) in [4.78, 5) is 37.1. The second-order valence-electron chi connectivity index (χ2n) is 13.5. The van der Waals surface area contributed by atoms with Crippen LogP contribution in [0.15, 0.2) is 97.6 Å². The molecule has 4 amide bonds. The van der Waals surface area contributed by atoms with Crippen molar-refractivity contribution in [3.8, 4) is 11.5 Å². The van der Waals surface area contributed by atoms with Gasteiger partial charge in [-0.3, -0.25) is 19.8 Å². The Morgan fingerprint density at radius 1 is 0.617 bits per heavy atom. The molecule has 2 aromatic heterocycles. The molecule has 17 heteroatoms. The number of rotatable bonds is 11. The highest BCUT2D eigenvalue weighted by Crippen LogP contribution is 2.25. The van der Waals surface area contributed by atoms with Gasteiger partial charge in [0.05, 0.1) is 0 Å². The Morgan fingerprint density at radius 3 is 1.45 bits per heavy atom. The van der Waals surface area contributed by atoms with E-state index in [1.54, 1.807) is 18.6 Å². The molecule has 0 bridgehead atoms. The van der Waals surface area contributed by atoms with Crippen molar-refractivity contribution in [2.45, 2.75) is 97.9 Å². The van der Waals surface area contributed by atoms with Gasteiger partial charge in [0.1, 0.15) is 11.5 Å². The number of hydrogen-bond acceptors (Lipinski definition) is 8. The maximum Gasteiger partial charge on any atom is 0.573 e. The van der Waals surface area contributed by atoms with Gasteiger partial charge in [0.2, 0.25) is 0 Å². The number of alkyl halides is 5. The maximum atomic E-state index is 12.8. The number of nitrogens with zero attached hydrogens (tertiary/aromatic N) is 4. The van der Waals surface area contributed by atoms with Gasteiger partial charge in [-0.2, -0.15) is 8.78 Å². The van der Waals surface area contributed by atoms with Gasteiger partial charge in [0.15, 0.2) is 0 Å². The summed E-state index contributed by atoms with van der Waals surface area (Å²) in [5, 5.41) is 11.2. The molecule has 0 saturated carbocycles. The Morgan fingerprint density at radius 2 is 1.05 bits per heavy atom. The van der Waals surface area contributed by atoms with E-state index in [-0.39, 0.29) is 35.6 Å². The highest BCUT2D eigenvalue weighted by molar-refractivity contribution is 5.90. The van der Waals surface area contributed by atoms with Crippen molar-refractivity contribution in [2.75, 3.05) is 36.8 Å². The van der Waals surface area contributed by atoms with Gasteiger partial charge < -0.3 is 30.7 Å². The average molecular weight is 845 g/mol. The smallest absolute Gasteiger partial charge is 0.433 e. The Bertz CT molecular complexity index is 1650. The Hall–Kier alpha value is -5.55. The van der Waals surface area contributed by atoms with Crippen LogP contribution in [0.4, 0.5) is 42.9 Å². The number of ether oxygens (including phenoxy) is 2. The Kier molecular flexibility index (Phi) is 20.5. The van der Waals surface area contributed by atoms with E-state index in [0.29, 0.717) is 18.3 Å². The summed E-state index contributed by atoms with van der Waals surface area (Å²) in [7, 11) is 0. The molecule has 0 atom stereocenters. The molecule has 60 heavy (non-hydrogen) atoms. The molecule has 4 N–H and O–H groups in total. The number of nitrogens with one attached hydrogen (secondary N) is 4. The molecular formula is C43H57F5N8O4. The van der Waals surface area contributed by atoms with Gasteiger partial charge >= 0.3 is 24.5 Å². The van der Waals surface area contributed by atoms with Crippen molar-refractivity contribution in [1.82, 2.24) is 30.4 Å². The zero-order valence-corrected chi connectivity index (χ0v) is 34.8. The van der Waals surface area contributed by atoms with Crippen LogP contribution in [0.1, 0.15) is 71.4 Å². The van der Waals surface area contributed by atoms with E-state index in [9.17, 15) is 31.5 Å².